The van der Waals surface area contributed by atoms with Crippen LogP contribution in [-0.4, -0.2) is 30.4 Å². The minimum Gasteiger partial charge on any atom is -0.476 e. The molecule has 0 atom stereocenters. The summed E-state index contributed by atoms with van der Waals surface area (Å²) in [6.45, 7) is 4.82. The zero-order chi connectivity index (χ0) is 13.8. The van der Waals surface area contributed by atoms with Crippen LogP contribution in [0.3, 0.4) is 0 Å². The lowest BCUT2D eigenvalue weighted by Crippen LogP contribution is -2.08. The fraction of sp³-hybridized carbons (Fsp3) is 0.462. The van der Waals surface area contributed by atoms with Crippen LogP contribution in [0.1, 0.15) is 48.9 Å². The standard InChI is InChI=1S/C13H18N4O2/c1-3-11(4-2)17-6-5-10(15-17)7-16-8-12(13(18)19)14-9-16/h5-6,8-9,11H,3-4,7H2,1-2H3,(H,18,19). The number of nitrogens with zero attached hydrogens (tertiary/aromatic N) is 4. The van der Waals surface area contributed by atoms with Crippen molar-refractivity contribution in [2.24, 2.45) is 0 Å². The second-order valence-electron chi connectivity index (χ2n) is 4.49. The number of hydrogen-bond donors (Lipinski definition) is 1. The molecule has 1 N–H and O–H groups in total. The molecule has 0 radical (unpaired) electrons. The van der Waals surface area contributed by atoms with E-state index in [1.165, 1.54) is 12.5 Å². The maximum absolute atomic E-state index is 10.7. The number of carboxylic acid groups (broad SMARTS) is 1. The molecular formula is C13H18N4O2. The number of imidazole rings is 1. The Labute approximate surface area is 111 Å². The van der Waals surface area contributed by atoms with Crippen molar-refractivity contribution in [2.45, 2.75) is 39.3 Å². The molecular weight excluding hydrogens is 244 g/mol. The first-order chi connectivity index (χ1) is 9.13. The van der Waals surface area contributed by atoms with Gasteiger partial charge in [-0.3, -0.25) is 4.68 Å². The van der Waals surface area contributed by atoms with E-state index in [2.05, 4.69) is 23.9 Å². The molecule has 0 fully saturated rings. The van der Waals surface area contributed by atoms with Crippen molar-refractivity contribution >= 4 is 5.97 Å². The summed E-state index contributed by atoms with van der Waals surface area (Å²) in [7, 11) is 0. The van der Waals surface area contributed by atoms with E-state index in [1.54, 1.807) is 4.57 Å². The first kappa shape index (κ1) is 13.3. The van der Waals surface area contributed by atoms with Gasteiger partial charge in [0.1, 0.15) is 0 Å². The molecule has 2 rings (SSSR count). The van der Waals surface area contributed by atoms with Crippen LogP contribution in [0.4, 0.5) is 0 Å². The van der Waals surface area contributed by atoms with Crippen molar-refractivity contribution < 1.29 is 9.90 Å². The lowest BCUT2D eigenvalue weighted by atomic mass is 10.2. The van der Waals surface area contributed by atoms with Crippen molar-refractivity contribution in [2.75, 3.05) is 0 Å². The highest BCUT2D eigenvalue weighted by molar-refractivity contribution is 5.84. The zero-order valence-corrected chi connectivity index (χ0v) is 11.2. The molecule has 0 saturated heterocycles. The lowest BCUT2D eigenvalue weighted by Gasteiger charge is -2.12. The molecule has 0 aliphatic rings. The van der Waals surface area contributed by atoms with E-state index >= 15 is 0 Å². The van der Waals surface area contributed by atoms with Crippen LogP contribution in [0.2, 0.25) is 0 Å². The topological polar surface area (TPSA) is 72.9 Å². The summed E-state index contributed by atoms with van der Waals surface area (Å²) in [6, 6.07) is 2.38. The molecule has 102 valence electrons. The largest absolute Gasteiger partial charge is 0.476 e. The Morgan fingerprint density at radius 3 is 2.74 bits per heavy atom. The Morgan fingerprint density at radius 2 is 2.16 bits per heavy atom. The van der Waals surface area contributed by atoms with Crippen LogP contribution in [-0.2, 0) is 6.54 Å². The minimum atomic E-state index is -1.01. The number of carbonyl (C=O) groups is 1. The maximum Gasteiger partial charge on any atom is 0.356 e. The van der Waals surface area contributed by atoms with E-state index in [0.29, 0.717) is 12.6 Å². The fourth-order valence-electron chi connectivity index (χ4n) is 2.07. The van der Waals surface area contributed by atoms with Gasteiger partial charge in [0.2, 0.25) is 0 Å². The molecule has 2 heterocycles. The summed E-state index contributed by atoms with van der Waals surface area (Å²) >= 11 is 0. The fourth-order valence-corrected chi connectivity index (χ4v) is 2.07. The van der Waals surface area contributed by atoms with Crippen LogP contribution in [0.25, 0.3) is 0 Å². The molecule has 6 heteroatoms. The molecule has 0 aliphatic heterocycles. The van der Waals surface area contributed by atoms with Crippen LogP contribution >= 0.6 is 0 Å². The third-order valence-corrected chi connectivity index (χ3v) is 3.18. The third kappa shape index (κ3) is 3.01. The molecule has 0 bridgehead atoms. The monoisotopic (exact) mass is 262 g/mol. The van der Waals surface area contributed by atoms with E-state index in [1.807, 2.05) is 16.9 Å². The Hall–Kier alpha value is -2.11. The van der Waals surface area contributed by atoms with Gasteiger partial charge >= 0.3 is 5.97 Å². The van der Waals surface area contributed by atoms with Crippen molar-refractivity contribution in [3.05, 3.63) is 36.2 Å². The molecule has 2 aromatic rings. The Balaban J connectivity index is 2.08. The first-order valence-electron chi connectivity index (χ1n) is 6.43. The molecule has 6 nitrogen and oxygen atoms in total. The molecule has 0 aliphatic carbocycles. The molecule has 0 saturated carbocycles. The summed E-state index contributed by atoms with van der Waals surface area (Å²) in [6.07, 6.45) is 7.10. The van der Waals surface area contributed by atoms with E-state index in [0.717, 1.165) is 18.5 Å². The van der Waals surface area contributed by atoms with Gasteiger partial charge in [0.15, 0.2) is 5.69 Å². The number of carboxylic acids is 1. The Morgan fingerprint density at radius 1 is 1.42 bits per heavy atom. The van der Waals surface area contributed by atoms with Crippen LogP contribution in [0.5, 0.6) is 0 Å². The highest BCUT2D eigenvalue weighted by Gasteiger charge is 2.10. The van der Waals surface area contributed by atoms with Gasteiger partial charge in [-0.1, -0.05) is 13.8 Å². The van der Waals surface area contributed by atoms with Gasteiger partial charge in [0, 0.05) is 12.4 Å². The minimum absolute atomic E-state index is 0.0550. The van der Waals surface area contributed by atoms with Crippen molar-refractivity contribution in [3.63, 3.8) is 0 Å². The predicted molar refractivity (Wildman–Crippen MR) is 70.1 cm³/mol. The third-order valence-electron chi connectivity index (χ3n) is 3.18. The van der Waals surface area contributed by atoms with Gasteiger partial charge in [0.25, 0.3) is 0 Å². The summed E-state index contributed by atoms with van der Waals surface area (Å²) in [4.78, 5) is 14.6. The Bertz CT molecular complexity index is 554. The predicted octanol–water partition coefficient (Wildman–Crippen LogP) is 2.19. The molecule has 0 amide bonds. The van der Waals surface area contributed by atoms with Crippen LogP contribution in [0, 0.1) is 0 Å². The van der Waals surface area contributed by atoms with Crippen molar-refractivity contribution in [1.82, 2.24) is 19.3 Å². The zero-order valence-electron chi connectivity index (χ0n) is 11.2. The number of hydrogen-bond acceptors (Lipinski definition) is 3. The molecule has 0 aromatic carbocycles. The van der Waals surface area contributed by atoms with E-state index in [9.17, 15) is 4.79 Å². The maximum atomic E-state index is 10.7. The average Bonchev–Trinajstić information content (AvgIpc) is 3.01. The highest BCUT2D eigenvalue weighted by atomic mass is 16.4. The van der Waals surface area contributed by atoms with Gasteiger partial charge in [-0.2, -0.15) is 5.10 Å². The van der Waals surface area contributed by atoms with Gasteiger partial charge in [0.05, 0.1) is 24.6 Å². The first-order valence-corrected chi connectivity index (χ1v) is 6.43. The number of aromatic nitrogens is 4. The van der Waals surface area contributed by atoms with E-state index < -0.39 is 5.97 Å². The summed E-state index contributed by atoms with van der Waals surface area (Å²) in [5, 5.41) is 13.3. The molecule has 0 spiro atoms. The Kier molecular flexibility index (Phi) is 3.99. The van der Waals surface area contributed by atoms with E-state index in [4.69, 9.17) is 5.11 Å². The lowest BCUT2D eigenvalue weighted by molar-refractivity contribution is 0.0691. The quantitative estimate of drug-likeness (QED) is 0.866. The summed E-state index contributed by atoms with van der Waals surface area (Å²) < 4.78 is 3.70. The number of aromatic carboxylic acids is 1. The van der Waals surface area contributed by atoms with Gasteiger partial charge < -0.3 is 9.67 Å². The van der Waals surface area contributed by atoms with Crippen molar-refractivity contribution in [1.29, 1.82) is 0 Å². The van der Waals surface area contributed by atoms with Crippen LogP contribution in [0.15, 0.2) is 24.8 Å². The molecule has 2 aromatic heterocycles. The molecule has 0 unspecified atom stereocenters. The smallest absolute Gasteiger partial charge is 0.356 e. The second kappa shape index (κ2) is 5.69. The normalized spacial score (nSPS) is 11.1. The van der Waals surface area contributed by atoms with Crippen molar-refractivity contribution in [3.8, 4) is 0 Å². The molecule has 19 heavy (non-hydrogen) atoms. The number of rotatable bonds is 6. The van der Waals surface area contributed by atoms with Crippen LogP contribution < -0.4 is 0 Å². The summed E-state index contributed by atoms with van der Waals surface area (Å²) in [5.41, 5.74) is 0.959. The summed E-state index contributed by atoms with van der Waals surface area (Å²) in [5.74, 6) is -1.01. The SMILES string of the molecule is CCC(CC)n1ccc(Cn2cnc(C(=O)O)c2)n1. The highest BCUT2D eigenvalue weighted by Crippen LogP contribution is 2.14. The van der Waals surface area contributed by atoms with Gasteiger partial charge in [-0.05, 0) is 18.9 Å². The van der Waals surface area contributed by atoms with Gasteiger partial charge in [-0.15, -0.1) is 0 Å². The van der Waals surface area contributed by atoms with E-state index in [-0.39, 0.29) is 5.69 Å². The second-order valence-corrected chi connectivity index (χ2v) is 4.49. The average molecular weight is 262 g/mol. The van der Waals surface area contributed by atoms with Gasteiger partial charge in [-0.25, -0.2) is 9.78 Å².